The number of carboxylic acid groups (broad SMARTS) is 1. The van der Waals surface area contributed by atoms with Crippen molar-refractivity contribution in [2.75, 3.05) is 0 Å². The van der Waals surface area contributed by atoms with E-state index in [0.717, 1.165) is 16.7 Å². The van der Waals surface area contributed by atoms with Crippen molar-refractivity contribution in [3.63, 3.8) is 0 Å². The van der Waals surface area contributed by atoms with Crippen molar-refractivity contribution in [3.05, 3.63) is 75.8 Å². The number of benzene rings is 3. The van der Waals surface area contributed by atoms with E-state index in [1.807, 2.05) is 26.8 Å². The van der Waals surface area contributed by atoms with Crippen LogP contribution in [0.3, 0.4) is 0 Å². The molecule has 0 aliphatic heterocycles. The van der Waals surface area contributed by atoms with E-state index in [-0.39, 0.29) is 34.8 Å². The Morgan fingerprint density at radius 2 is 1.64 bits per heavy atom. The second kappa shape index (κ2) is 8.09. The van der Waals surface area contributed by atoms with Crippen molar-refractivity contribution in [2.24, 2.45) is 0 Å². The van der Waals surface area contributed by atoms with Crippen LogP contribution in [0.25, 0.3) is 28.5 Å². The second-order valence-corrected chi connectivity index (χ2v) is 8.17. The Balaban J connectivity index is 2.08. The van der Waals surface area contributed by atoms with Gasteiger partial charge in [-0.3, -0.25) is 0 Å². The minimum absolute atomic E-state index is 0.00495. The maximum Gasteiger partial charge on any atom is 0.335 e. The van der Waals surface area contributed by atoms with Gasteiger partial charge in [-0.15, -0.1) is 5.10 Å². The van der Waals surface area contributed by atoms with Crippen LogP contribution in [0.15, 0.2) is 42.4 Å². The normalized spacial score (nSPS) is 11.5. The van der Waals surface area contributed by atoms with E-state index in [1.54, 1.807) is 38.1 Å². The van der Waals surface area contributed by atoms with Crippen molar-refractivity contribution >= 4 is 5.97 Å². The molecular weight excluding hydrogens is 418 g/mol. The van der Waals surface area contributed by atoms with Crippen molar-refractivity contribution < 1.29 is 21.5 Å². The molecule has 3 aromatic carbocycles. The molecule has 0 amide bonds. The summed E-state index contributed by atoms with van der Waals surface area (Å²) < 4.78 is 9.89. The van der Waals surface area contributed by atoms with Gasteiger partial charge in [-0.1, -0.05) is 12.1 Å². The van der Waals surface area contributed by atoms with Gasteiger partial charge in [-0.05, 0) is 92.7 Å². The molecule has 0 radical (unpaired) electrons. The molecule has 1 aromatic heterocycles. The molecule has 0 aliphatic rings. The molecule has 7 nitrogen and oxygen atoms in total. The number of rotatable bonds is 4. The zero-order valence-electron chi connectivity index (χ0n) is 20.1. The lowest BCUT2D eigenvalue weighted by Crippen LogP contribution is -2.05. The number of phenols is 2. The van der Waals surface area contributed by atoms with Gasteiger partial charge in [0.25, 0.3) is 0 Å². The molecule has 0 bridgehead atoms. The first-order valence-corrected chi connectivity index (χ1v) is 10.4. The van der Waals surface area contributed by atoms with Crippen LogP contribution in [0.2, 0.25) is 0 Å². The van der Waals surface area contributed by atoms with Crippen LogP contribution < -0.4 is 0 Å². The monoisotopic (exact) mass is 444 g/mol. The van der Waals surface area contributed by atoms with Gasteiger partial charge < -0.3 is 15.3 Å². The number of aromatic nitrogens is 3. The predicted octanol–water partition coefficient (Wildman–Crippen LogP) is 5.25. The summed E-state index contributed by atoms with van der Waals surface area (Å²) in [5.74, 6) is -0.701. The van der Waals surface area contributed by atoms with Gasteiger partial charge in [0.05, 0.1) is 23.7 Å². The van der Waals surface area contributed by atoms with E-state index in [1.165, 1.54) is 10.7 Å². The molecule has 4 rings (SSSR count). The van der Waals surface area contributed by atoms with Crippen LogP contribution in [0.4, 0.5) is 0 Å². The van der Waals surface area contributed by atoms with Crippen LogP contribution in [0, 0.1) is 34.6 Å². The van der Waals surface area contributed by atoms with Crippen molar-refractivity contribution in [1.82, 2.24) is 14.8 Å². The van der Waals surface area contributed by atoms with Crippen LogP contribution in [-0.4, -0.2) is 36.1 Å². The summed E-state index contributed by atoms with van der Waals surface area (Å²) in [7, 11) is 0. The van der Waals surface area contributed by atoms with Crippen LogP contribution in [0.5, 0.6) is 11.5 Å². The summed E-state index contributed by atoms with van der Waals surface area (Å²) in [4.78, 5) is 16.2. The first kappa shape index (κ1) is 20.8. The Kier molecular flexibility index (Phi) is 5.09. The molecule has 0 aliphatic carbocycles. The number of aromatic carboxylic acids is 1. The predicted molar refractivity (Wildman–Crippen MR) is 126 cm³/mol. The molecular formula is C26H25N3O4. The minimum Gasteiger partial charge on any atom is -0.507 e. The number of hydrogen-bond donors (Lipinski definition) is 3. The Morgan fingerprint density at radius 3 is 2.27 bits per heavy atom. The zero-order valence-corrected chi connectivity index (χ0v) is 19.1. The highest BCUT2D eigenvalue weighted by atomic mass is 16.4. The number of hydrogen-bond acceptors (Lipinski definition) is 5. The van der Waals surface area contributed by atoms with Gasteiger partial charge in [0.2, 0.25) is 0 Å². The van der Waals surface area contributed by atoms with E-state index >= 15 is 0 Å². The fourth-order valence-electron chi connectivity index (χ4n) is 3.98. The largest absolute Gasteiger partial charge is 0.507 e. The number of carbonyl (C=O) groups is 1. The summed E-state index contributed by atoms with van der Waals surface area (Å²) in [6.07, 6.45) is 0. The molecule has 1 heterocycles. The smallest absolute Gasteiger partial charge is 0.335 e. The van der Waals surface area contributed by atoms with Crippen LogP contribution in [0.1, 0.15) is 39.5 Å². The highest BCUT2D eigenvalue weighted by Crippen LogP contribution is 2.38. The van der Waals surface area contributed by atoms with Crippen molar-refractivity contribution in [3.8, 4) is 40.0 Å². The Hall–Kier alpha value is -4.13. The third kappa shape index (κ3) is 3.71. The molecule has 0 unspecified atom stereocenters. The molecule has 168 valence electrons. The maximum absolute atomic E-state index is 11.5. The minimum atomic E-state index is -1.03. The Labute approximate surface area is 193 Å². The lowest BCUT2D eigenvalue weighted by Gasteiger charge is -2.14. The van der Waals surface area contributed by atoms with Gasteiger partial charge in [-0.25, -0.2) is 14.5 Å². The van der Waals surface area contributed by atoms with Gasteiger partial charge in [0.15, 0.2) is 11.6 Å². The molecule has 0 saturated heterocycles. The highest BCUT2D eigenvalue weighted by Gasteiger charge is 2.23. The number of nitrogens with zero attached hydrogens (tertiary/aromatic N) is 3. The van der Waals surface area contributed by atoms with E-state index in [0.29, 0.717) is 27.9 Å². The molecule has 0 fully saturated rings. The average Bonchev–Trinajstić information content (AvgIpc) is 3.20. The molecule has 3 N–H and O–H groups in total. The Morgan fingerprint density at radius 1 is 0.909 bits per heavy atom. The third-order valence-corrected chi connectivity index (χ3v) is 6.03. The van der Waals surface area contributed by atoms with Crippen molar-refractivity contribution in [2.45, 2.75) is 34.6 Å². The number of aryl methyl sites for hydroxylation is 2. The van der Waals surface area contributed by atoms with Crippen LogP contribution >= 0.6 is 0 Å². The number of phenolic OH excluding ortho intramolecular Hbond substituents is 2. The summed E-state index contributed by atoms with van der Waals surface area (Å²) >= 11 is 0. The maximum atomic E-state index is 11.5. The summed E-state index contributed by atoms with van der Waals surface area (Å²) in [6, 6.07) is 9.91. The fraction of sp³-hybridized carbons (Fsp3) is 0.192. The fourth-order valence-corrected chi connectivity index (χ4v) is 3.98. The molecule has 33 heavy (non-hydrogen) atoms. The summed E-state index contributed by atoms with van der Waals surface area (Å²) in [5.41, 5.74) is 5.09. The standard InChI is InChI=1S/C26H25N3O4/c1-13-7-6-8-20(30)22(13)24-27-25(23-17(5)16(4)14(2)12-21(23)31)29(28-24)18-9-10-19(26(32)33)15(3)11-18/h6-12,30-31H,1-5H3,(H,32,33)/i12D. The van der Waals surface area contributed by atoms with Gasteiger partial charge in [0, 0.05) is 0 Å². The average molecular weight is 445 g/mol. The van der Waals surface area contributed by atoms with Gasteiger partial charge in [-0.2, -0.15) is 0 Å². The molecule has 7 heteroatoms. The molecule has 0 saturated carbocycles. The van der Waals surface area contributed by atoms with Gasteiger partial charge in [0.1, 0.15) is 11.5 Å². The van der Waals surface area contributed by atoms with E-state index in [9.17, 15) is 20.1 Å². The van der Waals surface area contributed by atoms with E-state index < -0.39 is 5.97 Å². The zero-order chi connectivity index (χ0) is 24.9. The number of carboxylic acids is 1. The first-order chi connectivity index (χ1) is 16.0. The lowest BCUT2D eigenvalue weighted by atomic mass is 9.97. The second-order valence-electron chi connectivity index (χ2n) is 8.17. The van der Waals surface area contributed by atoms with Gasteiger partial charge >= 0.3 is 5.97 Å². The highest BCUT2D eigenvalue weighted by molar-refractivity contribution is 5.89. The first-order valence-electron chi connectivity index (χ1n) is 10.9. The summed E-state index contributed by atoms with van der Waals surface area (Å²) in [6.45, 7) is 9.04. The van der Waals surface area contributed by atoms with Crippen LogP contribution in [-0.2, 0) is 0 Å². The van der Waals surface area contributed by atoms with E-state index in [2.05, 4.69) is 5.10 Å². The molecule has 4 aromatic rings. The molecule has 0 spiro atoms. The lowest BCUT2D eigenvalue weighted by molar-refractivity contribution is 0.0696. The van der Waals surface area contributed by atoms with E-state index in [4.69, 9.17) is 6.35 Å². The SMILES string of the molecule is [2H]c1c(C)c(C)c(C)c(-c2nc(-c3c(C)cccc3O)nn2-c2ccc(C(=O)O)c(C)c2)c1O. The topological polar surface area (TPSA) is 108 Å². The third-order valence-electron chi connectivity index (χ3n) is 6.03. The summed E-state index contributed by atoms with van der Waals surface area (Å²) in [5, 5.41) is 35.6. The Bertz CT molecular complexity index is 1420. The van der Waals surface area contributed by atoms with Crippen molar-refractivity contribution in [1.29, 1.82) is 0 Å². The quantitative estimate of drug-likeness (QED) is 0.397. The molecule has 0 atom stereocenters. The number of aromatic hydroxyl groups is 2.